The van der Waals surface area contributed by atoms with Crippen molar-refractivity contribution in [2.24, 2.45) is 5.92 Å². The molecule has 0 aliphatic carbocycles. The van der Waals surface area contributed by atoms with Gasteiger partial charge in [0.2, 0.25) is 11.8 Å². The first-order valence-electron chi connectivity index (χ1n) is 9.38. The Labute approximate surface area is 173 Å². The third-order valence-electron chi connectivity index (χ3n) is 5.70. The summed E-state index contributed by atoms with van der Waals surface area (Å²) in [5, 5.41) is 19.6. The maximum Gasteiger partial charge on any atom is 0.250 e. The Morgan fingerprint density at radius 3 is 2.83 bits per heavy atom. The van der Waals surface area contributed by atoms with E-state index in [1.165, 1.54) is 7.11 Å². The SMILES string of the molecule is COc1ccc(Cl)cc1NC(=O)[C@H]1C[C@H]([C@H](C)O)N[C@]12C(=O)Nc1ccccc12. The van der Waals surface area contributed by atoms with Gasteiger partial charge in [-0.15, -0.1) is 0 Å². The number of para-hydroxylation sites is 1. The lowest BCUT2D eigenvalue weighted by atomic mass is 9.79. The quantitative estimate of drug-likeness (QED) is 0.614. The van der Waals surface area contributed by atoms with Gasteiger partial charge in [0, 0.05) is 22.3 Å². The zero-order valence-corrected chi connectivity index (χ0v) is 16.8. The Hall–Kier alpha value is -2.61. The molecule has 2 aliphatic heterocycles. The summed E-state index contributed by atoms with van der Waals surface area (Å²) in [6, 6.07) is 11.8. The van der Waals surface area contributed by atoms with E-state index in [1.807, 2.05) is 18.2 Å². The minimum atomic E-state index is -1.26. The number of carbonyl (C=O) groups is 2. The van der Waals surface area contributed by atoms with Crippen molar-refractivity contribution in [1.29, 1.82) is 0 Å². The maximum atomic E-state index is 13.4. The molecular weight excluding hydrogens is 394 g/mol. The Bertz CT molecular complexity index is 980. The second-order valence-corrected chi connectivity index (χ2v) is 7.86. The van der Waals surface area contributed by atoms with Crippen molar-refractivity contribution in [3.05, 3.63) is 53.1 Å². The van der Waals surface area contributed by atoms with E-state index in [-0.39, 0.29) is 11.8 Å². The zero-order chi connectivity index (χ0) is 20.8. The molecule has 4 atom stereocenters. The number of methoxy groups -OCH3 is 1. The van der Waals surface area contributed by atoms with Gasteiger partial charge < -0.3 is 20.5 Å². The third kappa shape index (κ3) is 3.15. The van der Waals surface area contributed by atoms with Crippen molar-refractivity contribution in [2.45, 2.75) is 31.0 Å². The Balaban J connectivity index is 1.74. The lowest BCUT2D eigenvalue weighted by Gasteiger charge is -2.29. The number of hydrogen-bond acceptors (Lipinski definition) is 5. The van der Waals surface area contributed by atoms with Gasteiger partial charge in [-0.2, -0.15) is 0 Å². The van der Waals surface area contributed by atoms with Crippen LogP contribution in [0.2, 0.25) is 5.02 Å². The van der Waals surface area contributed by atoms with E-state index < -0.39 is 23.6 Å². The number of nitrogens with one attached hydrogen (secondary N) is 3. The standard InChI is InChI=1S/C21H22ClN3O4/c1-11(26)16-10-14(19(27)23-17-9-12(22)7-8-18(17)29-2)21(25-16)13-5-3-4-6-15(13)24-20(21)28/h3-9,11,14,16,25-26H,10H2,1-2H3,(H,23,27)(H,24,28)/t11-,14+,16+,21-/m0/s1. The van der Waals surface area contributed by atoms with Crippen LogP contribution in [-0.4, -0.2) is 36.2 Å². The number of amides is 2. The monoisotopic (exact) mass is 415 g/mol. The van der Waals surface area contributed by atoms with Crippen LogP contribution in [0, 0.1) is 5.92 Å². The highest BCUT2D eigenvalue weighted by Crippen LogP contribution is 2.47. The highest BCUT2D eigenvalue weighted by atomic mass is 35.5. The molecule has 0 unspecified atom stereocenters. The van der Waals surface area contributed by atoms with E-state index in [2.05, 4.69) is 16.0 Å². The number of anilines is 2. The second kappa shape index (κ2) is 7.33. The van der Waals surface area contributed by atoms with E-state index in [0.29, 0.717) is 34.1 Å². The van der Waals surface area contributed by atoms with Gasteiger partial charge in [0.25, 0.3) is 0 Å². The predicted molar refractivity (Wildman–Crippen MR) is 110 cm³/mol. The molecule has 0 bridgehead atoms. The fourth-order valence-corrected chi connectivity index (χ4v) is 4.44. The molecule has 4 rings (SSSR count). The molecule has 2 aromatic carbocycles. The molecule has 2 heterocycles. The van der Waals surface area contributed by atoms with Crippen LogP contribution in [0.3, 0.4) is 0 Å². The molecular formula is C21H22ClN3O4. The highest BCUT2D eigenvalue weighted by molar-refractivity contribution is 6.31. The minimum Gasteiger partial charge on any atom is -0.495 e. The molecule has 1 saturated heterocycles. The minimum absolute atomic E-state index is 0.300. The summed E-state index contributed by atoms with van der Waals surface area (Å²) in [5.74, 6) is -0.936. The van der Waals surface area contributed by atoms with Gasteiger partial charge in [-0.3, -0.25) is 14.9 Å². The summed E-state index contributed by atoms with van der Waals surface area (Å²) in [7, 11) is 1.50. The van der Waals surface area contributed by atoms with Crippen molar-refractivity contribution in [3.8, 4) is 5.75 Å². The van der Waals surface area contributed by atoms with Crippen LogP contribution in [0.4, 0.5) is 11.4 Å². The second-order valence-electron chi connectivity index (χ2n) is 7.42. The van der Waals surface area contributed by atoms with E-state index >= 15 is 0 Å². The molecule has 29 heavy (non-hydrogen) atoms. The molecule has 4 N–H and O–H groups in total. The average Bonchev–Trinajstić information content (AvgIpc) is 3.22. The highest BCUT2D eigenvalue weighted by Gasteiger charge is 2.60. The van der Waals surface area contributed by atoms with E-state index in [1.54, 1.807) is 31.2 Å². The summed E-state index contributed by atoms with van der Waals surface area (Å²) < 4.78 is 5.31. The van der Waals surface area contributed by atoms with Gasteiger partial charge in [0.15, 0.2) is 0 Å². The number of aliphatic hydroxyl groups is 1. The predicted octanol–water partition coefficient (Wildman–Crippen LogP) is 2.49. The molecule has 1 fully saturated rings. The fourth-order valence-electron chi connectivity index (χ4n) is 4.27. The van der Waals surface area contributed by atoms with Crippen molar-refractivity contribution >= 4 is 34.8 Å². The number of ether oxygens (including phenoxy) is 1. The first kappa shape index (κ1) is 19.7. The molecule has 8 heteroatoms. The Morgan fingerprint density at radius 1 is 1.34 bits per heavy atom. The largest absolute Gasteiger partial charge is 0.495 e. The van der Waals surface area contributed by atoms with Crippen LogP contribution >= 0.6 is 11.6 Å². The van der Waals surface area contributed by atoms with Gasteiger partial charge in [0.1, 0.15) is 11.3 Å². The van der Waals surface area contributed by atoms with Crippen LogP contribution in [-0.2, 0) is 15.1 Å². The summed E-state index contributed by atoms with van der Waals surface area (Å²) in [5.41, 5.74) is 0.529. The van der Waals surface area contributed by atoms with Crippen LogP contribution in [0.5, 0.6) is 5.75 Å². The molecule has 0 saturated carbocycles. The molecule has 2 aliphatic rings. The lowest BCUT2D eigenvalue weighted by Crippen LogP contribution is -2.53. The zero-order valence-electron chi connectivity index (χ0n) is 16.0. The number of halogens is 1. The van der Waals surface area contributed by atoms with E-state index in [4.69, 9.17) is 16.3 Å². The van der Waals surface area contributed by atoms with Crippen molar-refractivity contribution in [3.63, 3.8) is 0 Å². The molecule has 0 radical (unpaired) electrons. The first-order valence-corrected chi connectivity index (χ1v) is 9.75. The smallest absolute Gasteiger partial charge is 0.250 e. The van der Waals surface area contributed by atoms with Gasteiger partial charge in [-0.1, -0.05) is 29.8 Å². The summed E-state index contributed by atoms with van der Waals surface area (Å²) in [4.78, 5) is 26.5. The van der Waals surface area contributed by atoms with Crippen molar-refractivity contribution in [2.75, 3.05) is 17.7 Å². The molecule has 2 aromatic rings. The average molecular weight is 416 g/mol. The number of benzene rings is 2. The van der Waals surface area contributed by atoms with Gasteiger partial charge in [-0.25, -0.2) is 0 Å². The summed E-state index contributed by atoms with van der Waals surface area (Å²) in [6.45, 7) is 1.64. The summed E-state index contributed by atoms with van der Waals surface area (Å²) in [6.07, 6.45) is -0.431. The lowest BCUT2D eigenvalue weighted by molar-refractivity contribution is -0.130. The summed E-state index contributed by atoms with van der Waals surface area (Å²) >= 11 is 6.08. The first-order chi connectivity index (χ1) is 13.9. The van der Waals surface area contributed by atoms with E-state index in [0.717, 1.165) is 0 Å². The normalized spacial score (nSPS) is 26.1. The number of carbonyl (C=O) groups excluding carboxylic acids is 2. The van der Waals surface area contributed by atoms with Crippen LogP contribution < -0.4 is 20.7 Å². The maximum absolute atomic E-state index is 13.4. The topological polar surface area (TPSA) is 99.7 Å². The van der Waals surface area contributed by atoms with Crippen LogP contribution in [0.25, 0.3) is 0 Å². The molecule has 2 amide bonds. The van der Waals surface area contributed by atoms with Crippen LogP contribution in [0.1, 0.15) is 18.9 Å². The number of fused-ring (bicyclic) bond motifs is 2. The Morgan fingerprint density at radius 2 is 2.10 bits per heavy atom. The molecule has 1 spiro atoms. The van der Waals surface area contributed by atoms with Gasteiger partial charge >= 0.3 is 0 Å². The molecule has 7 nitrogen and oxygen atoms in total. The third-order valence-corrected chi connectivity index (χ3v) is 5.94. The Kier molecular flexibility index (Phi) is 4.98. The number of aliphatic hydroxyl groups excluding tert-OH is 1. The van der Waals surface area contributed by atoms with Crippen molar-refractivity contribution < 1.29 is 19.4 Å². The van der Waals surface area contributed by atoms with Gasteiger partial charge in [0.05, 0.1) is 24.8 Å². The number of rotatable bonds is 4. The fraction of sp³-hybridized carbons (Fsp3) is 0.333. The van der Waals surface area contributed by atoms with Gasteiger partial charge in [-0.05, 0) is 37.6 Å². The van der Waals surface area contributed by atoms with E-state index in [9.17, 15) is 14.7 Å². The number of hydrogen-bond donors (Lipinski definition) is 4. The molecule has 152 valence electrons. The van der Waals surface area contributed by atoms with Crippen molar-refractivity contribution in [1.82, 2.24) is 5.32 Å². The van der Waals surface area contributed by atoms with Crippen LogP contribution in [0.15, 0.2) is 42.5 Å². The molecule has 0 aromatic heterocycles.